The molecular formula is C25H36IN5O2. The van der Waals surface area contributed by atoms with Crippen molar-refractivity contribution in [3.63, 3.8) is 0 Å². The van der Waals surface area contributed by atoms with Gasteiger partial charge in [0.05, 0.1) is 0 Å². The molecule has 1 N–H and O–H groups in total. The van der Waals surface area contributed by atoms with Gasteiger partial charge in [-0.3, -0.25) is 14.7 Å². The monoisotopic (exact) mass is 565 g/mol. The second-order valence-electron chi connectivity index (χ2n) is 8.11. The van der Waals surface area contributed by atoms with Gasteiger partial charge in [0.1, 0.15) is 12.4 Å². The molecule has 0 bridgehead atoms. The molecule has 0 atom stereocenters. The van der Waals surface area contributed by atoms with Gasteiger partial charge in [0.25, 0.3) is 5.91 Å². The molecule has 33 heavy (non-hydrogen) atoms. The average Bonchev–Trinajstić information content (AvgIpc) is 2.83. The Kier molecular flexibility index (Phi) is 11.5. The topological polar surface area (TPSA) is 60.4 Å². The minimum absolute atomic E-state index is 0. The highest BCUT2D eigenvalue weighted by Gasteiger charge is 2.19. The van der Waals surface area contributed by atoms with E-state index in [4.69, 9.17) is 4.74 Å². The van der Waals surface area contributed by atoms with Crippen LogP contribution in [0, 0.1) is 0 Å². The third kappa shape index (κ3) is 8.51. The molecule has 0 aliphatic carbocycles. The predicted octanol–water partition coefficient (Wildman–Crippen LogP) is 2.82. The van der Waals surface area contributed by atoms with Crippen LogP contribution in [0.1, 0.15) is 15.9 Å². The predicted molar refractivity (Wildman–Crippen MR) is 145 cm³/mol. The molecule has 2 aromatic carbocycles. The molecule has 0 unspecified atom stereocenters. The van der Waals surface area contributed by atoms with Crippen LogP contribution in [0.3, 0.4) is 0 Å². The number of nitrogens with zero attached hydrogens (tertiary/aromatic N) is 4. The Hall–Kier alpha value is -2.33. The molecule has 1 fully saturated rings. The smallest absolute Gasteiger partial charge is 0.253 e. The van der Waals surface area contributed by atoms with E-state index in [2.05, 4.69) is 26.2 Å². The number of para-hydroxylation sites is 1. The van der Waals surface area contributed by atoms with Crippen molar-refractivity contribution in [3.05, 3.63) is 65.7 Å². The number of carbonyl (C=O) groups excluding carboxylic acids is 1. The summed E-state index contributed by atoms with van der Waals surface area (Å²) in [6.07, 6.45) is 0.838. The number of ether oxygens (including phenoxy) is 1. The fourth-order valence-corrected chi connectivity index (χ4v) is 3.76. The summed E-state index contributed by atoms with van der Waals surface area (Å²) in [7, 11) is 5.38. The summed E-state index contributed by atoms with van der Waals surface area (Å²) in [5, 5.41) is 3.48. The molecule has 1 amide bonds. The number of aliphatic imine (C=N–C) groups is 1. The zero-order valence-corrected chi connectivity index (χ0v) is 22.2. The number of guanidine groups is 1. The molecule has 7 nitrogen and oxygen atoms in total. The normalized spacial score (nSPS) is 14.4. The lowest BCUT2D eigenvalue weighted by Crippen LogP contribution is -2.53. The molecule has 1 aliphatic heterocycles. The first-order valence-corrected chi connectivity index (χ1v) is 11.2. The van der Waals surface area contributed by atoms with Crippen molar-refractivity contribution in [2.45, 2.75) is 6.42 Å². The SMILES string of the molecule is CN=C(NCCc1cccc(C(=O)N(C)C)c1)N1CCN(CCOc2ccccc2)CC1.I. The van der Waals surface area contributed by atoms with Crippen LogP contribution in [0.5, 0.6) is 5.75 Å². The van der Waals surface area contributed by atoms with Gasteiger partial charge in [-0.15, -0.1) is 24.0 Å². The summed E-state index contributed by atoms with van der Waals surface area (Å²) >= 11 is 0. The lowest BCUT2D eigenvalue weighted by Gasteiger charge is -2.36. The molecule has 0 aromatic heterocycles. The summed E-state index contributed by atoms with van der Waals surface area (Å²) in [6.45, 7) is 6.28. The summed E-state index contributed by atoms with van der Waals surface area (Å²) in [4.78, 5) is 23.0. The zero-order chi connectivity index (χ0) is 22.8. The lowest BCUT2D eigenvalue weighted by atomic mass is 10.1. The Labute approximate surface area is 214 Å². The summed E-state index contributed by atoms with van der Waals surface area (Å²) < 4.78 is 5.82. The van der Waals surface area contributed by atoms with Crippen molar-refractivity contribution in [1.29, 1.82) is 0 Å². The third-order valence-electron chi connectivity index (χ3n) is 5.58. The Balaban J connectivity index is 0.00000385. The number of hydrogen-bond acceptors (Lipinski definition) is 4. The second kappa shape index (κ2) is 14.0. The number of hydrogen-bond donors (Lipinski definition) is 1. The largest absolute Gasteiger partial charge is 0.492 e. The maximum Gasteiger partial charge on any atom is 0.253 e. The lowest BCUT2D eigenvalue weighted by molar-refractivity contribution is 0.0827. The summed E-state index contributed by atoms with van der Waals surface area (Å²) in [5.41, 5.74) is 1.87. The number of amides is 1. The molecular weight excluding hydrogens is 529 g/mol. The molecule has 1 aliphatic rings. The number of benzene rings is 2. The maximum atomic E-state index is 12.2. The van der Waals surface area contributed by atoms with E-state index in [0.717, 1.165) is 68.5 Å². The van der Waals surface area contributed by atoms with E-state index in [0.29, 0.717) is 6.61 Å². The van der Waals surface area contributed by atoms with Crippen molar-refractivity contribution in [1.82, 2.24) is 20.0 Å². The van der Waals surface area contributed by atoms with Gasteiger partial charge in [-0.1, -0.05) is 30.3 Å². The van der Waals surface area contributed by atoms with E-state index >= 15 is 0 Å². The Morgan fingerprint density at radius 3 is 2.45 bits per heavy atom. The van der Waals surface area contributed by atoms with Crippen molar-refractivity contribution >= 4 is 35.8 Å². The second-order valence-corrected chi connectivity index (χ2v) is 8.11. The molecule has 2 aromatic rings. The fourth-order valence-electron chi connectivity index (χ4n) is 3.76. The van der Waals surface area contributed by atoms with Gasteiger partial charge < -0.3 is 19.9 Å². The van der Waals surface area contributed by atoms with Crippen LogP contribution < -0.4 is 10.1 Å². The first-order valence-electron chi connectivity index (χ1n) is 11.2. The molecule has 1 saturated heterocycles. The van der Waals surface area contributed by atoms with Crippen LogP contribution >= 0.6 is 24.0 Å². The van der Waals surface area contributed by atoms with E-state index in [1.54, 1.807) is 19.0 Å². The summed E-state index contributed by atoms with van der Waals surface area (Å²) in [5.74, 6) is 1.89. The van der Waals surface area contributed by atoms with Gasteiger partial charge in [-0.25, -0.2) is 0 Å². The highest BCUT2D eigenvalue weighted by molar-refractivity contribution is 14.0. The fraction of sp³-hybridized carbons (Fsp3) is 0.440. The number of rotatable bonds is 8. The van der Waals surface area contributed by atoms with E-state index in [1.165, 1.54) is 0 Å². The third-order valence-corrected chi connectivity index (χ3v) is 5.58. The quantitative estimate of drug-likeness (QED) is 0.303. The number of halogens is 1. The van der Waals surface area contributed by atoms with Gasteiger partial charge in [0.15, 0.2) is 5.96 Å². The molecule has 8 heteroatoms. The molecule has 180 valence electrons. The molecule has 3 rings (SSSR count). The highest BCUT2D eigenvalue weighted by atomic mass is 127. The zero-order valence-electron chi connectivity index (χ0n) is 19.9. The number of carbonyl (C=O) groups is 1. The van der Waals surface area contributed by atoms with E-state index in [-0.39, 0.29) is 29.9 Å². The van der Waals surface area contributed by atoms with Crippen molar-refractivity contribution in [2.24, 2.45) is 4.99 Å². The Morgan fingerprint density at radius 1 is 1.06 bits per heavy atom. The molecule has 0 spiro atoms. The Morgan fingerprint density at radius 2 is 1.79 bits per heavy atom. The average molecular weight is 566 g/mol. The van der Waals surface area contributed by atoms with Gasteiger partial charge in [-0.2, -0.15) is 0 Å². The van der Waals surface area contributed by atoms with E-state index in [9.17, 15) is 4.79 Å². The van der Waals surface area contributed by atoms with Crippen molar-refractivity contribution < 1.29 is 9.53 Å². The maximum absolute atomic E-state index is 12.2. The van der Waals surface area contributed by atoms with Crippen LogP contribution in [0.25, 0.3) is 0 Å². The van der Waals surface area contributed by atoms with E-state index < -0.39 is 0 Å². The van der Waals surface area contributed by atoms with Crippen molar-refractivity contribution in [2.75, 3.05) is 67.0 Å². The van der Waals surface area contributed by atoms with Crippen LogP contribution in [0.2, 0.25) is 0 Å². The molecule has 0 saturated carbocycles. The van der Waals surface area contributed by atoms with Crippen molar-refractivity contribution in [3.8, 4) is 5.75 Å². The molecule has 1 heterocycles. The van der Waals surface area contributed by atoms with Crippen LogP contribution in [0.4, 0.5) is 0 Å². The van der Waals surface area contributed by atoms with Gasteiger partial charge in [0.2, 0.25) is 0 Å². The minimum Gasteiger partial charge on any atom is -0.492 e. The van der Waals surface area contributed by atoms with E-state index in [1.807, 2.05) is 55.6 Å². The summed E-state index contributed by atoms with van der Waals surface area (Å²) in [6, 6.07) is 17.8. The first-order chi connectivity index (χ1) is 15.6. The van der Waals surface area contributed by atoms with Crippen LogP contribution in [0.15, 0.2) is 59.6 Å². The number of nitrogens with one attached hydrogen (secondary N) is 1. The first kappa shape index (κ1) is 26.9. The van der Waals surface area contributed by atoms with Gasteiger partial charge in [0, 0.05) is 66.0 Å². The van der Waals surface area contributed by atoms with Crippen LogP contribution in [-0.4, -0.2) is 93.6 Å². The molecule has 0 radical (unpaired) electrons. The van der Waals surface area contributed by atoms with Gasteiger partial charge in [-0.05, 0) is 36.2 Å². The van der Waals surface area contributed by atoms with Gasteiger partial charge >= 0.3 is 0 Å². The number of piperazine rings is 1. The highest BCUT2D eigenvalue weighted by Crippen LogP contribution is 2.10. The van der Waals surface area contributed by atoms with Crippen LogP contribution in [-0.2, 0) is 6.42 Å². The standard InChI is InChI=1S/C25H35N5O2.HI/c1-26-25(27-13-12-21-8-7-9-22(20-21)24(31)28(2)3)30-16-14-29(15-17-30)18-19-32-23-10-5-4-6-11-23;/h4-11,20H,12-19H2,1-3H3,(H,26,27);1H. The minimum atomic E-state index is 0. The Bertz CT molecular complexity index is 883.